The summed E-state index contributed by atoms with van der Waals surface area (Å²) in [6, 6.07) is 6.71. The number of primary amides is 1. The fourth-order valence-corrected chi connectivity index (χ4v) is 1.04. The van der Waals surface area contributed by atoms with Gasteiger partial charge in [-0.05, 0) is 19.1 Å². The lowest BCUT2D eigenvalue weighted by atomic mass is 10.2. The SMILES string of the molecule is CC(Cl)Oc1ccccc1C(N)=O. The molecule has 0 spiro atoms. The molecule has 13 heavy (non-hydrogen) atoms. The third-order valence-electron chi connectivity index (χ3n) is 1.44. The Hall–Kier alpha value is -1.22. The highest BCUT2D eigenvalue weighted by Gasteiger charge is 2.09. The molecule has 3 nitrogen and oxygen atoms in total. The third-order valence-corrected chi connectivity index (χ3v) is 1.53. The van der Waals surface area contributed by atoms with Crippen LogP contribution in [0.2, 0.25) is 0 Å². The van der Waals surface area contributed by atoms with E-state index in [1.807, 2.05) is 0 Å². The Morgan fingerprint density at radius 2 is 2.15 bits per heavy atom. The summed E-state index contributed by atoms with van der Waals surface area (Å²) in [5.74, 6) is -0.106. The molecule has 1 aromatic carbocycles. The van der Waals surface area contributed by atoms with Crippen LogP contribution in [0, 0.1) is 0 Å². The zero-order chi connectivity index (χ0) is 9.84. The van der Waals surface area contributed by atoms with Crippen molar-refractivity contribution in [3.63, 3.8) is 0 Å². The second kappa shape index (κ2) is 4.14. The molecule has 70 valence electrons. The average Bonchev–Trinajstić information content (AvgIpc) is 2.03. The fraction of sp³-hybridized carbons (Fsp3) is 0.222. The van der Waals surface area contributed by atoms with Crippen LogP contribution in [0.25, 0.3) is 0 Å². The lowest BCUT2D eigenvalue weighted by molar-refractivity contribution is 0.0996. The first-order valence-electron chi connectivity index (χ1n) is 3.81. The summed E-state index contributed by atoms with van der Waals surface area (Å²) in [5, 5.41) is 0. The van der Waals surface area contributed by atoms with E-state index in [1.165, 1.54) is 0 Å². The number of rotatable bonds is 3. The van der Waals surface area contributed by atoms with Crippen molar-refractivity contribution in [3.8, 4) is 5.75 Å². The summed E-state index contributed by atoms with van der Waals surface area (Å²) >= 11 is 5.61. The largest absolute Gasteiger partial charge is 0.474 e. The Morgan fingerprint density at radius 3 is 2.69 bits per heavy atom. The van der Waals surface area contributed by atoms with Crippen molar-refractivity contribution in [2.45, 2.75) is 12.5 Å². The molecule has 0 radical (unpaired) electrons. The second-order valence-electron chi connectivity index (χ2n) is 2.52. The van der Waals surface area contributed by atoms with Gasteiger partial charge in [0.15, 0.2) is 5.56 Å². The maximum atomic E-state index is 10.9. The van der Waals surface area contributed by atoms with E-state index >= 15 is 0 Å². The van der Waals surface area contributed by atoms with Crippen molar-refractivity contribution >= 4 is 17.5 Å². The summed E-state index contributed by atoms with van der Waals surface area (Å²) in [5.41, 5.74) is 4.99. The maximum absolute atomic E-state index is 10.9. The molecule has 0 aliphatic carbocycles. The molecule has 0 saturated carbocycles. The summed E-state index contributed by atoms with van der Waals surface area (Å²) in [4.78, 5) is 10.9. The number of amides is 1. The standard InChI is InChI=1S/C9H10ClNO2/c1-6(10)13-8-5-3-2-4-7(8)9(11)12/h2-6H,1H3,(H2,11,12). The molecule has 1 amide bonds. The first-order chi connectivity index (χ1) is 6.11. The van der Waals surface area contributed by atoms with E-state index in [2.05, 4.69) is 0 Å². The van der Waals surface area contributed by atoms with Gasteiger partial charge in [0.1, 0.15) is 5.75 Å². The normalized spacial score (nSPS) is 12.2. The molecular formula is C9H10ClNO2. The molecule has 1 atom stereocenters. The Morgan fingerprint density at radius 1 is 1.54 bits per heavy atom. The van der Waals surface area contributed by atoms with E-state index in [0.29, 0.717) is 11.3 Å². The molecule has 0 aromatic heterocycles. The summed E-state index contributed by atoms with van der Waals surface area (Å²) in [7, 11) is 0. The summed E-state index contributed by atoms with van der Waals surface area (Å²) in [6.45, 7) is 1.67. The molecule has 1 unspecified atom stereocenters. The third kappa shape index (κ3) is 2.63. The summed E-state index contributed by atoms with van der Waals surface area (Å²) < 4.78 is 5.17. The molecule has 1 rings (SSSR count). The van der Waals surface area contributed by atoms with Crippen molar-refractivity contribution in [2.24, 2.45) is 5.73 Å². The number of para-hydroxylation sites is 1. The maximum Gasteiger partial charge on any atom is 0.252 e. The number of hydrogen-bond donors (Lipinski definition) is 1. The van der Waals surface area contributed by atoms with Crippen LogP contribution >= 0.6 is 11.6 Å². The van der Waals surface area contributed by atoms with Gasteiger partial charge in [0, 0.05) is 0 Å². The van der Waals surface area contributed by atoms with Gasteiger partial charge < -0.3 is 10.5 Å². The molecule has 0 bridgehead atoms. The molecule has 0 fully saturated rings. The molecule has 0 aliphatic heterocycles. The van der Waals surface area contributed by atoms with Gasteiger partial charge >= 0.3 is 0 Å². The van der Waals surface area contributed by atoms with E-state index < -0.39 is 11.5 Å². The van der Waals surface area contributed by atoms with Crippen LogP contribution in [0.4, 0.5) is 0 Å². The zero-order valence-electron chi connectivity index (χ0n) is 7.16. The molecule has 0 aliphatic rings. The quantitative estimate of drug-likeness (QED) is 0.754. The number of benzene rings is 1. The van der Waals surface area contributed by atoms with E-state index in [-0.39, 0.29) is 0 Å². The number of nitrogens with two attached hydrogens (primary N) is 1. The smallest absolute Gasteiger partial charge is 0.252 e. The summed E-state index contributed by atoms with van der Waals surface area (Å²) in [6.07, 6.45) is 0. The number of carbonyl (C=O) groups excluding carboxylic acids is 1. The minimum atomic E-state index is -0.520. The Kier molecular flexibility index (Phi) is 3.14. The number of carbonyl (C=O) groups is 1. The average molecular weight is 200 g/mol. The monoisotopic (exact) mass is 199 g/mol. The molecular weight excluding hydrogens is 190 g/mol. The van der Waals surface area contributed by atoms with Crippen LogP contribution in [0.15, 0.2) is 24.3 Å². The molecule has 1 aromatic rings. The van der Waals surface area contributed by atoms with Gasteiger partial charge in [-0.2, -0.15) is 0 Å². The van der Waals surface area contributed by atoms with E-state index in [0.717, 1.165) is 0 Å². The highest BCUT2D eigenvalue weighted by molar-refractivity contribution is 6.19. The van der Waals surface area contributed by atoms with Gasteiger partial charge in [0.25, 0.3) is 5.91 Å². The molecule has 2 N–H and O–H groups in total. The second-order valence-corrected chi connectivity index (χ2v) is 3.14. The van der Waals surface area contributed by atoms with Crippen molar-refractivity contribution in [2.75, 3.05) is 0 Å². The molecule has 0 saturated heterocycles. The van der Waals surface area contributed by atoms with E-state index in [9.17, 15) is 4.79 Å². The Bertz CT molecular complexity index is 312. The van der Waals surface area contributed by atoms with Crippen LogP contribution in [-0.4, -0.2) is 11.5 Å². The van der Waals surface area contributed by atoms with Gasteiger partial charge in [0.05, 0.1) is 5.56 Å². The van der Waals surface area contributed by atoms with Crippen LogP contribution in [0.5, 0.6) is 5.75 Å². The van der Waals surface area contributed by atoms with Crippen molar-refractivity contribution < 1.29 is 9.53 Å². The van der Waals surface area contributed by atoms with Crippen LogP contribution in [0.1, 0.15) is 17.3 Å². The van der Waals surface area contributed by atoms with Gasteiger partial charge in [0.2, 0.25) is 0 Å². The number of alkyl halides is 1. The molecule has 0 heterocycles. The van der Waals surface area contributed by atoms with Crippen LogP contribution < -0.4 is 10.5 Å². The topological polar surface area (TPSA) is 52.3 Å². The minimum Gasteiger partial charge on any atom is -0.474 e. The van der Waals surface area contributed by atoms with Crippen LogP contribution in [0.3, 0.4) is 0 Å². The number of ether oxygens (including phenoxy) is 1. The first-order valence-corrected chi connectivity index (χ1v) is 4.24. The Labute approximate surface area is 81.4 Å². The highest BCUT2D eigenvalue weighted by atomic mass is 35.5. The lowest BCUT2D eigenvalue weighted by Crippen LogP contribution is -2.14. The van der Waals surface area contributed by atoms with Crippen molar-refractivity contribution in [1.29, 1.82) is 0 Å². The predicted octanol–water partition coefficient (Wildman–Crippen LogP) is 1.75. The van der Waals surface area contributed by atoms with E-state index in [4.69, 9.17) is 22.1 Å². The van der Waals surface area contributed by atoms with Gasteiger partial charge in [-0.1, -0.05) is 23.7 Å². The zero-order valence-corrected chi connectivity index (χ0v) is 7.91. The minimum absolute atomic E-state index is 0.343. The predicted molar refractivity (Wildman–Crippen MR) is 50.9 cm³/mol. The van der Waals surface area contributed by atoms with Crippen LogP contribution in [-0.2, 0) is 0 Å². The number of hydrogen-bond acceptors (Lipinski definition) is 2. The molecule has 4 heteroatoms. The Balaban J connectivity index is 2.98. The lowest BCUT2D eigenvalue weighted by Gasteiger charge is -2.10. The van der Waals surface area contributed by atoms with Gasteiger partial charge in [-0.15, -0.1) is 0 Å². The number of halogens is 1. The van der Waals surface area contributed by atoms with Crippen molar-refractivity contribution in [1.82, 2.24) is 0 Å². The highest BCUT2D eigenvalue weighted by Crippen LogP contribution is 2.19. The van der Waals surface area contributed by atoms with Gasteiger partial charge in [-0.25, -0.2) is 0 Å². The first kappa shape index (κ1) is 9.86. The van der Waals surface area contributed by atoms with E-state index in [1.54, 1.807) is 31.2 Å². The fourth-order valence-electron chi connectivity index (χ4n) is 0.948. The van der Waals surface area contributed by atoms with Crippen molar-refractivity contribution in [3.05, 3.63) is 29.8 Å². The van der Waals surface area contributed by atoms with Gasteiger partial charge in [-0.3, -0.25) is 4.79 Å².